The van der Waals surface area contributed by atoms with Gasteiger partial charge in [0.2, 0.25) is 0 Å². The van der Waals surface area contributed by atoms with E-state index in [9.17, 15) is 4.79 Å². The molecule has 0 aliphatic rings. The summed E-state index contributed by atoms with van der Waals surface area (Å²) in [6.45, 7) is 6.30. The van der Waals surface area contributed by atoms with Gasteiger partial charge < -0.3 is 11.1 Å². The van der Waals surface area contributed by atoms with Crippen LogP contribution in [0.5, 0.6) is 0 Å². The lowest BCUT2D eigenvalue weighted by Gasteiger charge is -2.31. The molecule has 1 unspecified atom stereocenters. The molecule has 0 aliphatic heterocycles. The molecular weight excluding hydrogens is 262 g/mol. The molecule has 2 aromatic rings. The van der Waals surface area contributed by atoms with Crippen molar-refractivity contribution in [3.8, 4) is 0 Å². The molecule has 1 aromatic heterocycles. The highest BCUT2D eigenvalue weighted by Crippen LogP contribution is 2.32. The first kappa shape index (κ1) is 15.0. The van der Waals surface area contributed by atoms with Crippen molar-refractivity contribution in [1.82, 2.24) is 10.3 Å². The van der Waals surface area contributed by atoms with Crippen molar-refractivity contribution in [1.29, 1.82) is 0 Å². The number of nitrogens with two attached hydrogens (primary N) is 1. The zero-order chi connectivity index (χ0) is 15.5. The average Bonchev–Trinajstić information content (AvgIpc) is 2.45. The summed E-state index contributed by atoms with van der Waals surface area (Å²) in [4.78, 5) is 16.4. The Hall–Kier alpha value is -2.36. The van der Waals surface area contributed by atoms with E-state index < -0.39 is 0 Å². The van der Waals surface area contributed by atoms with Gasteiger partial charge in [-0.15, -0.1) is 0 Å². The van der Waals surface area contributed by atoms with Crippen molar-refractivity contribution in [2.24, 2.45) is 5.41 Å². The number of benzene rings is 1. The van der Waals surface area contributed by atoms with Crippen molar-refractivity contribution in [2.75, 3.05) is 5.73 Å². The topological polar surface area (TPSA) is 68.0 Å². The Morgan fingerprint density at radius 3 is 2.33 bits per heavy atom. The molecule has 1 aromatic carbocycles. The van der Waals surface area contributed by atoms with Crippen molar-refractivity contribution < 1.29 is 4.79 Å². The molecule has 4 heteroatoms. The molecule has 0 saturated heterocycles. The number of carbonyl (C=O) groups is 1. The number of carbonyl (C=O) groups excluding carboxylic acids is 1. The standard InChI is InChI=1S/C17H21N3O/c1-17(2,3)15(12-7-5-4-6-8-12)20-16(21)14-10-9-13(18)11-19-14/h4-11,15H,18H2,1-3H3,(H,20,21). The van der Waals surface area contributed by atoms with Crippen molar-refractivity contribution in [2.45, 2.75) is 26.8 Å². The van der Waals surface area contributed by atoms with Crippen molar-refractivity contribution in [3.63, 3.8) is 0 Å². The van der Waals surface area contributed by atoms with Crippen LogP contribution in [0.15, 0.2) is 48.7 Å². The number of pyridine rings is 1. The van der Waals surface area contributed by atoms with E-state index in [0.29, 0.717) is 11.4 Å². The lowest BCUT2D eigenvalue weighted by Crippen LogP contribution is -2.37. The highest BCUT2D eigenvalue weighted by atomic mass is 16.1. The van der Waals surface area contributed by atoms with Crippen LogP contribution in [-0.4, -0.2) is 10.9 Å². The first-order valence-electron chi connectivity index (χ1n) is 6.95. The summed E-state index contributed by atoms with van der Waals surface area (Å²) in [5.74, 6) is -0.196. The molecule has 21 heavy (non-hydrogen) atoms. The second-order valence-electron chi connectivity index (χ2n) is 6.16. The summed E-state index contributed by atoms with van der Waals surface area (Å²) in [6, 6.07) is 13.2. The van der Waals surface area contributed by atoms with Gasteiger partial charge in [-0.05, 0) is 23.1 Å². The van der Waals surface area contributed by atoms with E-state index in [1.54, 1.807) is 12.1 Å². The lowest BCUT2D eigenvalue weighted by atomic mass is 9.82. The minimum atomic E-state index is -0.196. The van der Waals surface area contributed by atoms with Gasteiger partial charge in [-0.25, -0.2) is 4.98 Å². The van der Waals surface area contributed by atoms with E-state index >= 15 is 0 Å². The second-order valence-corrected chi connectivity index (χ2v) is 6.16. The number of nitrogens with one attached hydrogen (secondary N) is 1. The summed E-state index contributed by atoms with van der Waals surface area (Å²) in [7, 11) is 0. The summed E-state index contributed by atoms with van der Waals surface area (Å²) in [6.07, 6.45) is 1.49. The van der Waals surface area contributed by atoms with Crippen molar-refractivity contribution in [3.05, 3.63) is 59.9 Å². The van der Waals surface area contributed by atoms with E-state index in [4.69, 9.17) is 5.73 Å². The molecule has 2 rings (SSSR count). The normalized spacial score (nSPS) is 12.7. The Balaban J connectivity index is 2.24. The van der Waals surface area contributed by atoms with Crippen LogP contribution in [0.25, 0.3) is 0 Å². The molecule has 1 atom stereocenters. The summed E-state index contributed by atoms with van der Waals surface area (Å²) < 4.78 is 0. The smallest absolute Gasteiger partial charge is 0.270 e. The van der Waals surface area contributed by atoms with E-state index in [1.807, 2.05) is 30.3 Å². The van der Waals surface area contributed by atoms with Crippen LogP contribution in [0.1, 0.15) is 42.9 Å². The molecule has 0 aliphatic carbocycles. The fourth-order valence-corrected chi connectivity index (χ4v) is 2.19. The molecule has 1 amide bonds. The minimum Gasteiger partial charge on any atom is -0.397 e. The first-order valence-corrected chi connectivity index (χ1v) is 6.95. The van der Waals surface area contributed by atoms with E-state index in [2.05, 4.69) is 31.1 Å². The number of nitrogens with zero attached hydrogens (tertiary/aromatic N) is 1. The fraction of sp³-hybridized carbons (Fsp3) is 0.294. The van der Waals surface area contributed by atoms with Crippen molar-refractivity contribution >= 4 is 11.6 Å². The second kappa shape index (κ2) is 5.95. The van der Waals surface area contributed by atoms with Crippen LogP contribution in [0.3, 0.4) is 0 Å². The molecule has 4 nitrogen and oxygen atoms in total. The zero-order valence-corrected chi connectivity index (χ0v) is 12.6. The highest BCUT2D eigenvalue weighted by molar-refractivity contribution is 5.92. The predicted molar refractivity (Wildman–Crippen MR) is 84.8 cm³/mol. The van der Waals surface area contributed by atoms with Gasteiger partial charge in [0.15, 0.2) is 0 Å². The third-order valence-electron chi connectivity index (χ3n) is 3.29. The van der Waals surface area contributed by atoms with E-state index in [-0.39, 0.29) is 17.4 Å². The summed E-state index contributed by atoms with van der Waals surface area (Å²) >= 11 is 0. The molecule has 0 fully saturated rings. The maximum absolute atomic E-state index is 12.4. The van der Waals surface area contributed by atoms with Gasteiger partial charge in [0, 0.05) is 0 Å². The predicted octanol–water partition coefficient (Wildman–Crippen LogP) is 3.18. The maximum Gasteiger partial charge on any atom is 0.270 e. The van der Waals surface area contributed by atoms with Crippen LogP contribution in [0, 0.1) is 5.41 Å². The molecular formula is C17H21N3O. The Morgan fingerprint density at radius 1 is 1.14 bits per heavy atom. The van der Waals surface area contributed by atoms with Gasteiger partial charge in [0.25, 0.3) is 5.91 Å². The Labute approximate surface area is 125 Å². The number of rotatable bonds is 3. The average molecular weight is 283 g/mol. The SMILES string of the molecule is CC(C)(C)C(NC(=O)c1ccc(N)cn1)c1ccccc1. The molecule has 0 spiro atoms. The Bertz CT molecular complexity index is 600. The van der Waals surface area contributed by atoms with Gasteiger partial charge in [-0.3, -0.25) is 4.79 Å². The van der Waals surface area contributed by atoms with Gasteiger partial charge in [-0.1, -0.05) is 51.1 Å². The Kier molecular flexibility index (Phi) is 4.26. The number of nitrogen functional groups attached to an aromatic ring is 1. The van der Waals surface area contributed by atoms with Crippen LogP contribution >= 0.6 is 0 Å². The van der Waals surface area contributed by atoms with Gasteiger partial charge in [0.05, 0.1) is 17.9 Å². The third-order valence-corrected chi connectivity index (χ3v) is 3.29. The monoisotopic (exact) mass is 283 g/mol. The lowest BCUT2D eigenvalue weighted by molar-refractivity contribution is 0.0896. The van der Waals surface area contributed by atoms with Gasteiger partial charge in [-0.2, -0.15) is 0 Å². The van der Waals surface area contributed by atoms with Crippen LogP contribution < -0.4 is 11.1 Å². The summed E-state index contributed by atoms with van der Waals surface area (Å²) in [5.41, 5.74) is 7.48. The first-order chi connectivity index (χ1) is 9.88. The largest absolute Gasteiger partial charge is 0.397 e. The number of anilines is 1. The highest BCUT2D eigenvalue weighted by Gasteiger charge is 2.28. The zero-order valence-electron chi connectivity index (χ0n) is 12.6. The third kappa shape index (κ3) is 3.81. The van der Waals surface area contributed by atoms with Gasteiger partial charge >= 0.3 is 0 Å². The molecule has 110 valence electrons. The van der Waals surface area contributed by atoms with Gasteiger partial charge in [0.1, 0.15) is 5.69 Å². The number of hydrogen-bond acceptors (Lipinski definition) is 3. The van der Waals surface area contributed by atoms with E-state index in [0.717, 1.165) is 5.56 Å². The number of aromatic nitrogens is 1. The molecule has 3 N–H and O–H groups in total. The van der Waals surface area contributed by atoms with Crippen LogP contribution in [0.4, 0.5) is 5.69 Å². The number of hydrogen-bond donors (Lipinski definition) is 2. The fourth-order valence-electron chi connectivity index (χ4n) is 2.19. The molecule has 1 heterocycles. The van der Waals surface area contributed by atoms with E-state index in [1.165, 1.54) is 6.20 Å². The number of amides is 1. The molecule has 0 bridgehead atoms. The summed E-state index contributed by atoms with van der Waals surface area (Å²) in [5, 5.41) is 3.07. The van der Waals surface area contributed by atoms with Crippen LogP contribution in [-0.2, 0) is 0 Å². The molecule has 0 saturated carbocycles. The quantitative estimate of drug-likeness (QED) is 0.909. The minimum absolute atomic E-state index is 0.0921. The maximum atomic E-state index is 12.4. The molecule has 0 radical (unpaired) electrons. The Morgan fingerprint density at radius 2 is 1.81 bits per heavy atom. The van der Waals surface area contributed by atoms with Crippen LogP contribution in [0.2, 0.25) is 0 Å².